The van der Waals surface area contributed by atoms with Crippen LogP contribution in [0.5, 0.6) is 0 Å². The van der Waals surface area contributed by atoms with Crippen molar-refractivity contribution in [2.24, 2.45) is 0 Å². The molecule has 5 rings (SSSR count). The average molecular weight is 419 g/mol. The molecule has 4 nitrogen and oxygen atoms in total. The molecule has 1 atom stereocenters. The second-order valence-electron chi connectivity index (χ2n) is 8.21. The Balaban J connectivity index is 1.42. The predicted molar refractivity (Wildman–Crippen MR) is 117 cm³/mol. The summed E-state index contributed by atoms with van der Waals surface area (Å²) in [5.74, 6) is -1.21. The molecule has 4 aromatic rings. The summed E-state index contributed by atoms with van der Waals surface area (Å²) in [5.41, 5.74) is 5.01. The number of fused-ring (bicyclic) bond motifs is 1. The van der Waals surface area contributed by atoms with Gasteiger partial charge in [-0.3, -0.25) is 4.90 Å². The van der Waals surface area contributed by atoms with Crippen LogP contribution < -0.4 is 0 Å². The Morgan fingerprint density at radius 1 is 1.00 bits per heavy atom. The molecule has 1 unspecified atom stereocenters. The molecule has 0 saturated carbocycles. The van der Waals surface area contributed by atoms with Crippen molar-refractivity contribution in [3.05, 3.63) is 78.1 Å². The Morgan fingerprint density at radius 3 is 2.52 bits per heavy atom. The quantitative estimate of drug-likeness (QED) is 0.482. The molecule has 0 amide bonds. The number of hydrogen-bond donors (Lipinski definition) is 2. The van der Waals surface area contributed by atoms with Crippen LogP contribution >= 0.6 is 0 Å². The number of nitrogens with one attached hydrogen (secondary N) is 1. The molecule has 2 aromatic heterocycles. The van der Waals surface area contributed by atoms with Gasteiger partial charge in [0.05, 0.1) is 6.10 Å². The number of piperidine rings is 1. The van der Waals surface area contributed by atoms with Gasteiger partial charge in [-0.2, -0.15) is 0 Å². The van der Waals surface area contributed by atoms with E-state index in [1.54, 1.807) is 12.4 Å². The van der Waals surface area contributed by atoms with Gasteiger partial charge in [-0.1, -0.05) is 24.3 Å². The molecule has 1 aliphatic heterocycles. The number of halogens is 2. The van der Waals surface area contributed by atoms with Crippen LogP contribution in [0.15, 0.2) is 60.9 Å². The molecule has 158 valence electrons. The zero-order valence-corrected chi connectivity index (χ0v) is 17.0. The van der Waals surface area contributed by atoms with Gasteiger partial charge >= 0.3 is 0 Å². The number of nitrogens with zero attached hydrogens (tertiary/aromatic N) is 2. The van der Waals surface area contributed by atoms with Crippen LogP contribution in [0.25, 0.3) is 33.3 Å². The number of aromatic nitrogens is 2. The number of hydrogen-bond acceptors (Lipinski definition) is 3. The van der Waals surface area contributed by atoms with Gasteiger partial charge in [0.2, 0.25) is 0 Å². The minimum atomic E-state index is -0.606. The topological polar surface area (TPSA) is 52.1 Å². The lowest BCUT2D eigenvalue weighted by molar-refractivity contribution is 0.0668. The smallest absolute Gasteiger partial charge is 0.137 e. The minimum Gasteiger partial charge on any atom is -0.392 e. The van der Waals surface area contributed by atoms with Crippen molar-refractivity contribution in [1.82, 2.24) is 14.9 Å². The van der Waals surface area contributed by atoms with Crippen molar-refractivity contribution < 1.29 is 13.9 Å². The molecule has 1 fully saturated rings. The van der Waals surface area contributed by atoms with Crippen molar-refractivity contribution in [3.63, 3.8) is 0 Å². The Bertz CT molecular complexity index is 1200. The molecule has 2 N–H and O–H groups in total. The highest BCUT2D eigenvalue weighted by Crippen LogP contribution is 2.32. The van der Waals surface area contributed by atoms with E-state index in [1.165, 1.54) is 17.7 Å². The van der Waals surface area contributed by atoms with Crippen molar-refractivity contribution in [2.45, 2.75) is 25.5 Å². The van der Waals surface area contributed by atoms with Gasteiger partial charge in [0.1, 0.15) is 17.3 Å². The summed E-state index contributed by atoms with van der Waals surface area (Å²) in [6, 6.07) is 13.8. The maximum absolute atomic E-state index is 13.7. The normalized spacial score (nSPS) is 17.3. The summed E-state index contributed by atoms with van der Waals surface area (Å²) < 4.78 is 27.4. The van der Waals surface area contributed by atoms with Gasteiger partial charge in [0.15, 0.2) is 0 Å². The highest BCUT2D eigenvalue weighted by Gasteiger charge is 2.17. The number of aliphatic hydroxyl groups excluding tert-OH is 1. The zero-order valence-electron chi connectivity index (χ0n) is 17.0. The van der Waals surface area contributed by atoms with Crippen molar-refractivity contribution in [1.29, 1.82) is 0 Å². The summed E-state index contributed by atoms with van der Waals surface area (Å²) >= 11 is 0. The summed E-state index contributed by atoms with van der Waals surface area (Å²) in [6.45, 7) is 2.55. The van der Waals surface area contributed by atoms with Gasteiger partial charge in [-0.25, -0.2) is 13.8 Å². The third-order valence-corrected chi connectivity index (χ3v) is 5.88. The van der Waals surface area contributed by atoms with E-state index in [-0.39, 0.29) is 6.10 Å². The molecule has 2 aromatic carbocycles. The van der Waals surface area contributed by atoms with Crippen molar-refractivity contribution in [3.8, 4) is 22.3 Å². The third kappa shape index (κ3) is 4.22. The fourth-order valence-electron chi connectivity index (χ4n) is 4.34. The van der Waals surface area contributed by atoms with Crippen LogP contribution in [0.2, 0.25) is 0 Å². The second kappa shape index (κ2) is 8.21. The third-order valence-electron chi connectivity index (χ3n) is 5.88. The Labute approximate surface area is 179 Å². The van der Waals surface area contributed by atoms with E-state index in [0.29, 0.717) is 16.8 Å². The maximum atomic E-state index is 13.7. The molecular weight excluding hydrogens is 396 g/mol. The van der Waals surface area contributed by atoms with Crippen LogP contribution in [0.4, 0.5) is 8.78 Å². The van der Waals surface area contributed by atoms with Gasteiger partial charge in [-0.15, -0.1) is 0 Å². The molecule has 1 aliphatic rings. The molecule has 0 radical (unpaired) electrons. The van der Waals surface area contributed by atoms with Crippen molar-refractivity contribution in [2.75, 3.05) is 13.1 Å². The van der Waals surface area contributed by atoms with E-state index in [1.807, 2.05) is 6.07 Å². The fourth-order valence-corrected chi connectivity index (χ4v) is 4.34. The predicted octanol–water partition coefficient (Wildman–Crippen LogP) is 5.13. The van der Waals surface area contributed by atoms with E-state index < -0.39 is 11.6 Å². The van der Waals surface area contributed by atoms with E-state index in [4.69, 9.17) is 0 Å². The molecule has 1 saturated heterocycles. The molecule has 6 heteroatoms. The first-order valence-electron chi connectivity index (χ1n) is 10.5. The summed E-state index contributed by atoms with van der Waals surface area (Å²) in [5, 5.41) is 10.7. The Kier molecular flexibility index (Phi) is 5.26. The number of benzene rings is 2. The number of rotatable bonds is 4. The van der Waals surface area contributed by atoms with Crippen LogP contribution in [-0.4, -0.2) is 39.2 Å². The van der Waals surface area contributed by atoms with E-state index >= 15 is 0 Å². The minimum absolute atomic E-state index is 0.229. The highest BCUT2D eigenvalue weighted by atomic mass is 19.1. The molecule has 31 heavy (non-hydrogen) atoms. The molecule has 0 bridgehead atoms. The van der Waals surface area contributed by atoms with Crippen LogP contribution in [-0.2, 0) is 6.54 Å². The Hall–Kier alpha value is -3.09. The number of β-amino-alcohol motifs (C(OH)–C–C–N with tert-alkyl or cyclic N) is 1. The molecular formula is C25H23F2N3O. The number of likely N-dealkylation sites (tertiary alicyclic amines) is 1. The fraction of sp³-hybridized carbons (Fsp3) is 0.240. The van der Waals surface area contributed by atoms with Crippen molar-refractivity contribution >= 4 is 11.0 Å². The van der Waals surface area contributed by atoms with E-state index in [9.17, 15) is 13.9 Å². The van der Waals surface area contributed by atoms with Crippen LogP contribution in [0.3, 0.4) is 0 Å². The SMILES string of the molecule is OC1CCCN(Cc2ccc(-c3cnc4[nH]cc(-c5cc(F)cc(F)c5)c4c3)cc2)C1. The molecule has 0 spiro atoms. The lowest BCUT2D eigenvalue weighted by Gasteiger charge is -2.29. The van der Waals surface area contributed by atoms with Gasteiger partial charge in [-0.05, 0) is 54.3 Å². The number of H-pyrrole nitrogens is 1. The lowest BCUT2D eigenvalue weighted by atomic mass is 10.0. The largest absolute Gasteiger partial charge is 0.392 e. The average Bonchev–Trinajstić information content (AvgIpc) is 3.17. The first-order valence-corrected chi connectivity index (χ1v) is 10.5. The Morgan fingerprint density at radius 2 is 1.77 bits per heavy atom. The first kappa shape index (κ1) is 19.8. The molecule has 3 heterocycles. The van der Waals surface area contributed by atoms with Gasteiger partial charge in [0.25, 0.3) is 0 Å². The molecule has 0 aliphatic carbocycles. The first-order chi connectivity index (χ1) is 15.0. The number of aromatic amines is 1. The van der Waals surface area contributed by atoms with Crippen LogP contribution in [0, 0.1) is 11.6 Å². The summed E-state index contributed by atoms with van der Waals surface area (Å²) in [4.78, 5) is 9.85. The van der Waals surface area contributed by atoms with Gasteiger partial charge in [0, 0.05) is 48.1 Å². The maximum Gasteiger partial charge on any atom is 0.137 e. The number of pyridine rings is 1. The van der Waals surface area contributed by atoms with E-state index in [2.05, 4.69) is 39.1 Å². The summed E-state index contributed by atoms with van der Waals surface area (Å²) in [6.07, 6.45) is 5.21. The monoisotopic (exact) mass is 419 g/mol. The second-order valence-corrected chi connectivity index (χ2v) is 8.21. The zero-order chi connectivity index (χ0) is 21.4. The lowest BCUT2D eigenvalue weighted by Crippen LogP contribution is -2.37. The van der Waals surface area contributed by atoms with Crippen LogP contribution in [0.1, 0.15) is 18.4 Å². The highest BCUT2D eigenvalue weighted by molar-refractivity contribution is 5.95. The van der Waals surface area contributed by atoms with E-state index in [0.717, 1.165) is 55.1 Å². The number of aliphatic hydroxyl groups is 1. The summed E-state index contributed by atoms with van der Waals surface area (Å²) in [7, 11) is 0. The standard InChI is InChI=1S/C25H23F2N3O/c26-20-8-18(9-21(27)11-20)24-13-29-25-23(24)10-19(12-28-25)17-5-3-16(4-6-17)14-30-7-1-2-22(31)15-30/h3-6,8-13,22,31H,1-2,7,14-15H2,(H,28,29). The van der Waals surface area contributed by atoms with Gasteiger partial charge < -0.3 is 10.1 Å².